The van der Waals surface area contributed by atoms with E-state index in [0.717, 1.165) is 6.21 Å². The number of aldehydes is 1. The minimum Gasteiger partial charge on any atom is -0.411 e. The molecule has 0 heterocycles. The molecule has 1 amide bonds. The molecule has 0 saturated heterocycles. The minimum absolute atomic E-state index is 0.508. The highest BCUT2D eigenvalue weighted by molar-refractivity contribution is 6.31. The summed E-state index contributed by atoms with van der Waals surface area (Å²) in [5.41, 5.74) is 1.70. The van der Waals surface area contributed by atoms with Crippen molar-refractivity contribution >= 4 is 24.1 Å². The highest BCUT2D eigenvalue weighted by Gasteiger charge is 2.05. The Balaban J connectivity index is 2.95. The second kappa shape index (κ2) is 4.90. The zero-order valence-corrected chi connectivity index (χ0v) is 8.10. The van der Waals surface area contributed by atoms with Crippen molar-refractivity contribution in [2.75, 3.05) is 5.32 Å². The van der Waals surface area contributed by atoms with E-state index in [9.17, 15) is 9.59 Å². The Morgan fingerprint density at radius 1 is 1.53 bits per heavy atom. The van der Waals surface area contributed by atoms with Crippen LogP contribution in [0.2, 0.25) is 0 Å². The summed E-state index contributed by atoms with van der Waals surface area (Å²) >= 11 is 0. The predicted octanol–water partition coefficient (Wildman–Crippen LogP) is 1.21. The number of amides is 1. The van der Waals surface area contributed by atoms with Gasteiger partial charge in [0.05, 0.1) is 0 Å². The summed E-state index contributed by atoms with van der Waals surface area (Å²) in [4.78, 5) is 21.7. The number of benzene rings is 1. The topological polar surface area (TPSA) is 78.8 Å². The molecular weight excluding hydrogens is 196 g/mol. The molecule has 0 unspecified atom stereocenters. The summed E-state index contributed by atoms with van der Waals surface area (Å²) in [6.07, 6.45) is 1.46. The fourth-order valence-corrected chi connectivity index (χ4v) is 1.13. The van der Waals surface area contributed by atoms with Crippen molar-refractivity contribution in [3.05, 3.63) is 29.3 Å². The van der Waals surface area contributed by atoms with E-state index in [4.69, 9.17) is 5.21 Å². The molecule has 15 heavy (non-hydrogen) atoms. The van der Waals surface area contributed by atoms with Gasteiger partial charge in [-0.2, -0.15) is 0 Å². The standard InChI is InChI=1S/C10H10N2O3/c1-7-8(6-13)3-2-4-9(7)12-10(14)5-11-15/h2-6,15H,1H3,(H,12,14)/b11-5-. The first kappa shape index (κ1) is 10.9. The molecule has 0 spiro atoms. The van der Waals surface area contributed by atoms with Gasteiger partial charge >= 0.3 is 0 Å². The summed E-state index contributed by atoms with van der Waals surface area (Å²) < 4.78 is 0. The average molecular weight is 206 g/mol. The van der Waals surface area contributed by atoms with Crippen LogP contribution < -0.4 is 5.32 Å². The first-order chi connectivity index (χ1) is 7.19. The predicted molar refractivity (Wildman–Crippen MR) is 55.5 cm³/mol. The third kappa shape index (κ3) is 2.63. The summed E-state index contributed by atoms with van der Waals surface area (Å²) in [6.45, 7) is 1.72. The molecule has 0 aliphatic rings. The van der Waals surface area contributed by atoms with Crippen LogP contribution in [0.1, 0.15) is 15.9 Å². The van der Waals surface area contributed by atoms with Crippen LogP contribution in [0.5, 0.6) is 0 Å². The molecule has 5 nitrogen and oxygen atoms in total. The molecule has 5 heteroatoms. The zero-order valence-electron chi connectivity index (χ0n) is 8.10. The van der Waals surface area contributed by atoms with E-state index in [1.807, 2.05) is 0 Å². The molecule has 78 valence electrons. The van der Waals surface area contributed by atoms with E-state index in [2.05, 4.69) is 10.5 Å². The maximum Gasteiger partial charge on any atom is 0.270 e. The number of hydrogen-bond acceptors (Lipinski definition) is 4. The Morgan fingerprint density at radius 3 is 2.87 bits per heavy atom. The Labute approximate surface area is 86.4 Å². The van der Waals surface area contributed by atoms with Crippen LogP contribution in [0.3, 0.4) is 0 Å². The van der Waals surface area contributed by atoms with Crippen LogP contribution in [0.4, 0.5) is 5.69 Å². The first-order valence-corrected chi connectivity index (χ1v) is 4.22. The lowest BCUT2D eigenvalue weighted by Gasteiger charge is -2.07. The second-order valence-electron chi connectivity index (χ2n) is 2.87. The molecule has 0 atom stereocenters. The van der Waals surface area contributed by atoms with Crippen molar-refractivity contribution in [1.29, 1.82) is 0 Å². The monoisotopic (exact) mass is 206 g/mol. The van der Waals surface area contributed by atoms with E-state index < -0.39 is 5.91 Å². The quantitative estimate of drug-likeness (QED) is 0.337. The van der Waals surface area contributed by atoms with Crippen molar-refractivity contribution in [3.8, 4) is 0 Å². The normalized spacial score (nSPS) is 10.2. The van der Waals surface area contributed by atoms with Crippen LogP contribution in [0.15, 0.2) is 23.4 Å². The Morgan fingerprint density at radius 2 is 2.27 bits per heavy atom. The first-order valence-electron chi connectivity index (χ1n) is 4.22. The van der Waals surface area contributed by atoms with Gasteiger partial charge in [0.1, 0.15) is 12.5 Å². The molecule has 2 N–H and O–H groups in total. The van der Waals surface area contributed by atoms with Gasteiger partial charge in [-0.15, -0.1) is 0 Å². The van der Waals surface area contributed by atoms with Crippen LogP contribution in [0.25, 0.3) is 0 Å². The van der Waals surface area contributed by atoms with Crippen LogP contribution in [0, 0.1) is 6.92 Å². The third-order valence-corrected chi connectivity index (χ3v) is 1.94. The van der Waals surface area contributed by atoms with E-state index in [0.29, 0.717) is 23.1 Å². The fraction of sp³-hybridized carbons (Fsp3) is 0.100. The highest BCUT2D eigenvalue weighted by atomic mass is 16.4. The minimum atomic E-state index is -0.552. The van der Waals surface area contributed by atoms with Crippen molar-refractivity contribution in [1.82, 2.24) is 0 Å². The molecule has 1 aromatic rings. The third-order valence-electron chi connectivity index (χ3n) is 1.94. The number of nitrogens with one attached hydrogen (secondary N) is 1. The number of carbonyl (C=O) groups excluding carboxylic acids is 2. The van der Waals surface area contributed by atoms with Crippen LogP contribution >= 0.6 is 0 Å². The van der Waals surface area contributed by atoms with Gasteiger partial charge in [-0.1, -0.05) is 17.3 Å². The van der Waals surface area contributed by atoms with Crippen LogP contribution in [-0.4, -0.2) is 23.6 Å². The Kier molecular flexibility index (Phi) is 3.56. The molecule has 0 bridgehead atoms. The van der Waals surface area contributed by atoms with Gasteiger partial charge in [-0.25, -0.2) is 0 Å². The molecule has 0 radical (unpaired) electrons. The maximum atomic E-state index is 11.1. The van der Waals surface area contributed by atoms with Crippen molar-refractivity contribution in [3.63, 3.8) is 0 Å². The van der Waals surface area contributed by atoms with Gasteiger partial charge in [0.15, 0.2) is 0 Å². The number of hydrogen-bond donors (Lipinski definition) is 2. The number of anilines is 1. The zero-order chi connectivity index (χ0) is 11.3. The van der Waals surface area contributed by atoms with Crippen molar-refractivity contribution < 1.29 is 14.8 Å². The van der Waals surface area contributed by atoms with Crippen molar-refractivity contribution in [2.24, 2.45) is 5.16 Å². The molecule has 0 fully saturated rings. The Hall–Kier alpha value is -2.17. The van der Waals surface area contributed by atoms with E-state index in [1.165, 1.54) is 0 Å². The molecule has 1 aromatic carbocycles. The van der Waals surface area contributed by atoms with E-state index >= 15 is 0 Å². The number of carbonyl (C=O) groups is 2. The highest BCUT2D eigenvalue weighted by Crippen LogP contribution is 2.16. The van der Waals surface area contributed by atoms with Gasteiger partial charge in [0.2, 0.25) is 0 Å². The lowest BCUT2D eigenvalue weighted by molar-refractivity contribution is -0.110. The van der Waals surface area contributed by atoms with E-state index in [1.54, 1.807) is 25.1 Å². The lowest BCUT2D eigenvalue weighted by atomic mass is 10.1. The number of oxime groups is 1. The van der Waals surface area contributed by atoms with Gasteiger partial charge < -0.3 is 10.5 Å². The summed E-state index contributed by atoms with van der Waals surface area (Å²) in [7, 11) is 0. The van der Waals surface area contributed by atoms with Crippen molar-refractivity contribution in [2.45, 2.75) is 6.92 Å². The smallest absolute Gasteiger partial charge is 0.270 e. The summed E-state index contributed by atoms with van der Waals surface area (Å²) in [6, 6.07) is 4.96. The molecule has 0 aliphatic heterocycles. The molecule has 0 aromatic heterocycles. The largest absolute Gasteiger partial charge is 0.411 e. The molecular formula is C10H10N2O3. The molecule has 0 saturated carbocycles. The SMILES string of the molecule is Cc1c(C=O)cccc1NC(=O)/C=N\O. The Bertz CT molecular complexity index is 413. The van der Waals surface area contributed by atoms with E-state index in [-0.39, 0.29) is 0 Å². The summed E-state index contributed by atoms with van der Waals surface area (Å²) in [5.74, 6) is -0.552. The fourth-order valence-electron chi connectivity index (χ4n) is 1.13. The molecule has 1 rings (SSSR count). The van der Waals surface area contributed by atoms with Gasteiger partial charge in [0, 0.05) is 11.3 Å². The molecule has 0 aliphatic carbocycles. The van der Waals surface area contributed by atoms with Gasteiger partial charge in [0.25, 0.3) is 5.91 Å². The van der Waals surface area contributed by atoms with Gasteiger partial charge in [-0.05, 0) is 18.6 Å². The average Bonchev–Trinajstić information content (AvgIpc) is 2.21. The maximum absolute atomic E-state index is 11.1. The number of nitrogens with zero attached hydrogens (tertiary/aromatic N) is 1. The van der Waals surface area contributed by atoms with Crippen LogP contribution in [-0.2, 0) is 4.79 Å². The lowest BCUT2D eigenvalue weighted by Crippen LogP contribution is -2.13. The summed E-state index contributed by atoms with van der Waals surface area (Å²) in [5, 5.41) is 13.2. The number of rotatable bonds is 3. The second-order valence-corrected chi connectivity index (χ2v) is 2.87. The van der Waals surface area contributed by atoms with Gasteiger partial charge in [-0.3, -0.25) is 9.59 Å².